The van der Waals surface area contributed by atoms with Crippen molar-refractivity contribution in [3.63, 3.8) is 0 Å². The number of benzene rings is 1. The number of nitrogens with one attached hydrogen (secondary N) is 2. The number of aliphatic hydroxyl groups excluding tert-OH is 1. The second kappa shape index (κ2) is 10.3. The zero-order valence-corrected chi connectivity index (χ0v) is 20.2. The third-order valence-corrected chi connectivity index (χ3v) is 6.59. The standard InChI is InChI=1S/C24H28ClN7O3/c1-15(33)19-10-17(2-3-21(19)31-8-9-35-14-22(31)34)29-24-27-12-20(25)23(30-24)16-11-28-32(13-16)18-4-6-26-7-5-18/h2-3,10-13,15,18,26,33H,4-9,14H2,1H3,(H,27,29,30). The first-order valence-corrected chi connectivity index (χ1v) is 12.1. The van der Waals surface area contributed by atoms with E-state index in [1.54, 1.807) is 30.3 Å². The van der Waals surface area contributed by atoms with E-state index in [0.717, 1.165) is 31.5 Å². The average molecular weight is 498 g/mol. The van der Waals surface area contributed by atoms with Gasteiger partial charge in [0, 0.05) is 35.2 Å². The van der Waals surface area contributed by atoms with Crippen LogP contribution in [0.2, 0.25) is 5.02 Å². The van der Waals surface area contributed by atoms with Crippen LogP contribution in [0.25, 0.3) is 11.3 Å². The normalized spacial score (nSPS) is 18.0. The zero-order valence-electron chi connectivity index (χ0n) is 19.4. The maximum absolute atomic E-state index is 12.3. The Hall–Kier alpha value is -3.05. The minimum atomic E-state index is -0.773. The van der Waals surface area contributed by atoms with Gasteiger partial charge in [-0.3, -0.25) is 9.48 Å². The number of rotatable bonds is 6. The van der Waals surface area contributed by atoms with Crippen LogP contribution in [-0.4, -0.2) is 63.6 Å². The Balaban J connectivity index is 1.39. The first-order valence-electron chi connectivity index (χ1n) is 11.7. The Morgan fingerprint density at radius 1 is 1.29 bits per heavy atom. The number of carbonyl (C=O) groups is 1. The molecule has 1 amide bonds. The van der Waals surface area contributed by atoms with Gasteiger partial charge in [-0.15, -0.1) is 0 Å². The molecule has 0 radical (unpaired) electrons. The molecule has 10 nitrogen and oxygen atoms in total. The molecule has 2 aliphatic rings. The topological polar surface area (TPSA) is 117 Å². The molecule has 4 heterocycles. The van der Waals surface area contributed by atoms with Gasteiger partial charge in [-0.25, -0.2) is 9.97 Å². The van der Waals surface area contributed by atoms with Crippen molar-refractivity contribution in [2.45, 2.75) is 31.9 Å². The average Bonchev–Trinajstić information content (AvgIpc) is 3.36. The monoisotopic (exact) mass is 497 g/mol. The molecule has 0 bridgehead atoms. The highest BCUT2D eigenvalue weighted by atomic mass is 35.5. The Kier molecular flexibility index (Phi) is 6.96. The van der Waals surface area contributed by atoms with Gasteiger partial charge in [-0.1, -0.05) is 11.6 Å². The van der Waals surface area contributed by atoms with Crippen LogP contribution in [0.4, 0.5) is 17.3 Å². The highest BCUT2D eigenvalue weighted by Gasteiger charge is 2.24. The van der Waals surface area contributed by atoms with Gasteiger partial charge in [0.25, 0.3) is 5.91 Å². The van der Waals surface area contributed by atoms with Crippen molar-refractivity contribution >= 4 is 34.8 Å². The Labute approximate surface area is 208 Å². The molecular weight excluding hydrogens is 470 g/mol. The van der Waals surface area contributed by atoms with Crippen molar-refractivity contribution < 1.29 is 14.6 Å². The van der Waals surface area contributed by atoms with E-state index in [0.29, 0.717) is 52.8 Å². The number of ether oxygens (including phenoxy) is 1. The van der Waals surface area contributed by atoms with E-state index in [2.05, 4.69) is 25.7 Å². The number of hydrogen-bond donors (Lipinski definition) is 3. The van der Waals surface area contributed by atoms with Crippen LogP contribution in [0.1, 0.15) is 37.5 Å². The molecular formula is C24H28ClN7O3. The number of hydrogen-bond acceptors (Lipinski definition) is 8. The predicted octanol–water partition coefficient (Wildman–Crippen LogP) is 3.08. The van der Waals surface area contributed by atoms with Gasteiger partial charge in [0.1, 0.15) is 6.61 Å². The summed E-state index contributed by atoms with van der Waals surface area (Å²) in [6.45, 7) is 4.57. The smallest absolute Gasteiger partial charge is 0.253 e. The lowest BCUT2D eigenvalue weighted by Crippen LogP contribution is -2.42. The highest BCUT2D eigenvalue weighted by molar-refractivity contribution is 6.32. The number of carbonyl (C=O) groups excluding carboxylic acids is 1. The molecule has 1 unspecified atom stereocenters. The molecule has 2 saturated heterocycles. The number of nitrogens with zero attached hydrogens (tertiary/aromatic N) is 5. The lowest BCUT2D eigenvalue weighted by molar-refractivity contribution is -0.125. The molecule has 0 spiro atoms. The first kappa shape index (κ1) is 23.7. The number of morpholine rings is 1. The quantitative estimate of drug-likeness (QED) is 0.475. The largest absolute Gasteiger partial charge is 0.389 e. The number of halogens is 1. The molecule has 3 aromatic rings. The number of piperidine rings is 1. The second-order valence-corrected chi connectivity index (χ2v) is 9.16. The van der Waals surface area contributed by atoms with E-state index >= 15 is 0 Å². The maximum Gasteiger partial charge on any atom is 0.253 e. The molecule has 2 aliphatic heterocycles. The van der Waals surface area contributed by atoms with Crippen LogP contribution in [0, 0.1) is 0 Å². The molecule has 2 aromatic heterocycles. The Morgan fingerprint density at radius 2 is 2.11 bits per heavy atom. The van der Waals surface area contributed by atoms with E-state index in [-0.39, 0.29) is 12.5 Å². The summed E-state index contributed by atoms with van der Waals surface area (Å²) in [4.78, 5) is 22.9. The number of amides is 1. The summed E-state index contributed by atoms with van der Waals surface area (Å²) in [5.41, 5.74) is 3.40. The summed E-state index contributed by atoms with van der Waals surface area (Å²) < 4.78 is 7.22. The summed E-state index contributed by atoms with van der Waals surface area (Å²) in [6, 6.07) is 5.80. The highest BCUT2D eigenvalue weighted by Crippen LogP contribution is 2.32. The van der Waals surface area contributed by atoms with Gasteiger partial charge in [-0.05, 0) is 51.1 Å². The lowest BCUT2D eigenvalue weighted by Gasteiger charge is -2.29. The van der Waals surface area contributed by atoms with E-state index in [4.69, 9.17) is 16.3 Å². The van der Waals surface area contributed by atoms with Gasteiger partial charge >= 0.3 is 0 Å². The fourth-order valence-electron chi connectivity index (χ4n) is 4.48. The van der Waals surface area contributed by atoms with E-state index in [1.165, 1.54) is 0 Å². The van der Waals surface area contributed by atoms with Gasteiger partial charge in [0.2, 0.25) is 5.95 Å². The molecule has 0 aliphatic carbocycles. The summed E-state index contributed by atoms with van der Waals surface area (Å²) in [5.74, 6) is 0.236. The minimum Gasteiger partial charge on any atom is -0.389 e. The third kappa shape index (κ3) is 5.15. The molecule has 0 saturated carbocycles. The first-order chi connectivity index (χ1) is 17.0. The van der Waals surface area contributed by atoms with Gasteiger partial charge in [0.15, 0.2) is 0 Å². The van der Waals surface area contributed by atoms with Crippen molar-refractivity contribution in [3.8, 4) is 11.3 Å². The third-order valence-electron chi connectivity index (χ3n) is 6.31. The van der Waals surface area contributed by atoms with Crippen molar-refractivity contribution in [2.24, 2.45) is 0 Å². The molecule has 5 rings (SSSR count). The van der Waals surface area contributed by atoms with Crippen LogP contribution in [0.15, 0.2) is 36.8 Å². The molecule has 35 heavy (non-hydrogen) atoms. The zero-order chi connectivity index (χ0) is 24.4. The van der Waals surface area contributed by atoms with Crippen LogP contribution < -0.4 is 15.5 Å². The molecule has 1 aromatic carbocycles. The molecule has 11 heteroatoms. The number of aromatic nitrogens is 4. The van der Waals surface area contributed by atoms with E-state index in [1.807, 2.05) is 23.0 Å². The maximum atomic E-state index is 12.3. The minimum absolute atomic E-state index is 0.0366. The Bertz CT molecular complexity index is 1210. The fraction of sp³-hybridized carbons (Fsp3) is 0.417. The number of anilines is 3. The van der Waals surface area contributed by atoms with Crippen molar-refractivity contribution in [1.82, 2.24) is 25.1 Å². The Morgan fingerprint density at radius 3 is 2.89 bits per heavy atom. The van der Waals surface area contributed by atoms with Gasteiger partial charge in [0.05, 0.1) is 41.9 Å². The van der Waals surface area contributed by atoms with Crippen LogP contribution in [0.3, 0.4) is 0 Å². The summed E-state index contributed by atoms with van der Waals surface area (Å²) in [7, 11) is 0. The summed E-state index contributed by atoms with van der Waals surface area (Å²) >= 11 is 6.44. The lowest BCUT2D eigenvalue weighted by atomic mass is 10.1. The van der Waals surface area contributed by atoms with E-state index < -0.39 is 6.10 Å². The van der Waals surface area contributed by atoms with Gasteiger partial charge < -0.3 is 25.4 Å². The van der Waals surface area contributed by atoms with E-state index in [9.17, 15) is 9.90 Å². The van der Waals surface area contributed by atoms with Gasteiger partial charge in [-0.2, -0.15) is 5.10 Å². The van der Waals surface area contributed by atoms with Crippen LogP contribution in [-0.2, 0) is 9.53 Å². The van der Waals surface area contributed by atoms with Crippen LogP contribution in [0.5, 0.6) is 0 Å². The van der Waals surface area contributed by atoms with Crippen molar-refractivity contribution in [3.05, 3.63) is 47.4 Å². The second-order valence-electron chi connectivity index (χ2n) is 8.75. The molecule has 184 valence electrons. The molecule has 3 N–H and O–H groups in total. The van der Waals surface area contributed by atoms with Crippen molar-refractivity contribution in [2.75, 3.05) is 43.1 Å². The predicted molar refractivity (Wildman–Crippen MR) is 133 cm³/mol. The summed E-state index contributed by atoms with van der Waals surface area (Å²) in [5, 5.41) is 21.9. The molecule has 2 fully saturated rings. The van der Waals surface area contributed by atoms with Crippen molar-refractivity contribution in [1.29, 1.82) is 0 Å². The summed E-state index contributed by atoms with van der Waals surface area (Å²) in [6.07, 6.45) is 6.61. The molecule has 1 atom stereocenters. The fourth-order valence-corrected chi connectivity index (χ4v) is 4.68. The number of aliphatic hydroxyl groups is 1. The van der Waals surface area contributed by atoms with Crippen LogP contribution >= 0.6 is 11.6 Å². The SMILES string of the molecule is CC(O)c1cc(Nc2ncc(Cl)c(-c3cnn(C4CCNCC4)c3)n2)ccc1N1CCOCC1=O.